The number of carbonyl (C=O) groups excluding carboxylic acids is 3. The van der Waals surface area contributed by atoms with Gasteiger partial charge in [0.2, 0.25) is 5.91 Å². The van der Waals surface area contributed by atoms with Gasteiger partial charge in [-0.15, -0.1) is 0 Å². The summed E-state index contributed by atoms with van der Waals surface area (Å²) in [4.78, 5) is 37.5. The van der Waals surface area contributed by atoms with Crippen LogP contribution in [0.4, 0.5) is 5.69 Å². The van der Waals surface area contributed by atoms with Crippen molar-refractivity contribution in [1.82, 2.24) is 0 Å². The summed E-state index contributed by atoms with van der Waals surface area (Å²) < 4.78 is 13.0. The number of allylic oxidation sites excluding steroid dienone is 2. The van der Waals surface area contributed by atoms with Crippen LogP contribution in [0, 0.1) is 22.7 Å². The Kier molecular flexibility index (Phi) is 6.27. The molecule has 1 aromatic rings. The lowest BCUT2D eigenvalue weighted by molar-refractivity contribution is -0.205. The Morgan fingerprint density at radius 1 is 1.18 bits per heavy atom. The summed E-state index contributed by atoms with van der Waals surface area (Å²) >= 11 is 0. The largest absolute Gasteiger partial charge is 0.391 e. The van der Waals surface area contributed by atoms with Gasteiger partial charge in [-0.3, -0.25) is 14.4 Å². The van der Waals surface area contributed by atoms with Crippen molar-refractivity contribution < 1.29 is 34.1 Å². The van der Waals surface area contributed by atoms with Crippen molar-refractivity contribution in [2.75, 3.05) is 18.5 Å². The molecule has 0 spiro atoms. The van der Waals surface area contributed by atoms with Crippen molar-refractivity contribution >= 4 is 23.2 Å². The summed E-state index contributed by atoms with van der Waals surface area (Å²) in [7, 11) is 0. The number of carbonyl (C=O) groups is 3. The van der Waals surface area contributed by atoms with Crippen molar-refractivity contribution in [2.45, 2.75) is 69.2 Å². The summed E-state index contributed by atoms with van der Waals surface area (Å²) in [6.07, 6.45) is 4.49. The SMILES string of the molecule is C[C@]12C=CC(=O)C=C1CC[C@H]1[C@@H]3C[C@H]4O[C@@H](c5ccc(NC(=O)CN)cc5)O[C@@]4(C(=O)CO)[C@@]3(C)C[C@H](O)[C@@]12N. The molecule has 214 valence electrons. The fraction of sp³-hybridized carbons (Fsp3) is 0.567. The highest BCUT2D eigenvalue weighted by Gasteiger charge is 2.78. The minimum atomic E-state index is -1.47. The molecule has 0 aromatic heterocycles. The second kappa shape index (κ2) is 9.14. The predicted molar refractivity (Wildman–Crippen MR) is 144 cm³/mol. The van der Waals surface area contributed by atoms with E-state index in [1.807, 2.05) is 19.9 Å². The summed E-state index contributed by atoms with van der Waals surface area (Å²) in [5, 5.41) is 24.7. The van der Waals surface area contributed by atoms with Gasteiger partial charge in [-0.05, 0) is 61.8 Å². The van der Waals surface area contributed by atoms with Crippen LogP contribution >= 0.6 is 0 Å². The highest BCUT2D eigenvalue weighted by atomic mass is 16.7. The van der Waals surface area contributed by atoms with Crippen LogP contribution < -0.4 is 16.8 Å². The number of aliphatic hydroxyl groups is 2. The number of hydrogen-bond acceptors (Lipinski definition) is 9. The minimum absolute atomic E-state index is 0.0739. The number of ether oxygens (including phenoxy) is 2. The fourth-order valence-corrected chi connectivity index (χ4v) is 8.80. The van der Waals surface area contributed by atoms with E-state index < -0.39 is 52.9 Å². The highest BCUT2D eigenvalue weighted by molar-refractivity contribution is 6.01. The van der Waals surface area contributed by atoms with Gasteiger partial charge < -0.3 is 36.5 Å². The zero-order valence-electron chi connectivity index (χ0n) is 22.8. The quantitative estimate of drug-likeness (QED) is 0.361. The van der Waals surface area contributed by atoms with Gasteiger partial charge in [-0.25, -0.2) is 0 Å². The third-order valence-electron chi connectivity index (χ3n) is 10.8. The summed E-state index contributed by atoms with van der Waals surface area (Å²) in [5.74, 6) is -1.16. The summed E-state index contributed by atoms with van der Waals surface area (Å²) in [5.41, 5.74) is 10.7. The molecule has 4 fully saturated rings. The third kappa shape index (κ3) is 3.41. The standard InChI is InChI=1S/C30H37N3O7/c1-27-10-9-19(35)11-17(27)5-8-20-21-12-24-30(23(37)15-34,28(21,2)13-22(36)29(20,27)32)40-26(39-24)16-3-6-18(7-4-16)33-25(38)14-31/h3-4,6-7,9-11,20-22,24,26,34,36H,5,8,12-15,31-32H2,1-2H3,(H,33,38)/t20-,21-,22-,24+,26+,27-,28-,29-,30+/m0/s1. The number of rotatable bonds is 5. The number of Topliss-reactive ketones (excluding diaryl/α,β-unsaturated/α-hetero) is 1. The number of amides is 1. The molecule has 5 aliphatic rings. The zero-order valence-corrected chi connectivity index (χ0v) is 22.8. The molecule has 1 saturated heterocycles. The van der Waals surface area contributed by atoms with Crippen LogP contribution in [0.3, 0.4) is 0 Å². The molecule has 6 rings (SSSR count). The summed E-state index contributed by atoms with van der Waals surface area (Å²) in [6.45, 7) is 3.10. The molecular formula is C30H37N3O7. The van der Waals surface area contributed by atoms with E-state index in [2.05, 4.69) is 5.32 Å². The molecule has 0 bridgehead atoms. The molecule has 0 radical (unpaired) electrons. The minimum Gasteiger partial charge on any atom is -0.391 e. The Morgan fingerprint density at radius 3 is 2.58 bits per heavy atom. The Balaban J connectivity index is 1.35. The van der Waals surface area contributed by atoms with Crippen LogP contribution in [0.25, 0.3) is 0 Å². The Hall–Kier alpha value is -2.73. The fourth-order valence-electron chi connectivity index (χ4n) is 8.80. The van der Waals surface area contributed by atoms with E-state index in [1.54, 1.807) is 30.3 Å². The lowest BCUT2D eigenvalue weighted by Crippen LogP contribution is -2.75. The van der Waals surface area contributed by atoms with Crippen molar-refractivity contribution in [3.8, 4) is 0 Å². The maximum atomic E-state index is 13.7. The maximum Gasteiger partial charge on any atom is 0.238 e. The van der Waals surface area contributed by atoms with Crippen LogP contribution in [-0.4, -0.2) is 64.2 Å². The lowest BCUT2D eigenvalue weighted by Gasteiger charge is -2.65. The smallest absolute Gasteiger partial charge is 0.238 e. The first kappa shape index (κ1) is 27.4. The third-order valence-corrected chi connectivity index (χ3v) is 10.8. The number of aliphatic hydroxyl groups excluding tert-OH is 2. The second-order valence-electron chi connectivity index (χ2n) is 12.4. The number of hydrogen-bond donors (Lipinski definition) is 5. The number of ketones is 2. The number of nitrogens with two attached hydrogens (primary N) is 2. The Labute approximate surface area is 232 Å². The molecule has 10 nitrogen and oxygen atoms in total. The molecule has 40 heavy (non-hydrogen) atoms. The Morgan fingerprint density at radius 2 is 1.90 bits per heavy atom. The molecule has 3 saturated carbocycles. The molecule has 4 aliphatic carbocycles. The molecule has 10 heteroatoms. The topological polar surface area (TPSA) is 174 Å². The number of anilines is 1. The maximum absolute atomic E-state index is 13.7. The molecule has 1 amide bonds. The van der Waals surface area contributed by atoms with Crippen LogP contribution in [0.15, 0.2) is 48.1 Å². The van der Waals surface area contributed by atoms with E-state index in [4.69, 9.17) is 20.9 Å². The van der Waals surface area contributed by atoms with Crippen molar-refractivity contribution in [3.05, 3.63) is 53.6 Å². The van der Waals surface area contributed by atoms with Gasteiger partial charge in [0.05, 0.1) is 24.3 Å². The number of fused-ring (bicyclic) bond motifs is 7. The first-order valence-electron chi connectivity index (χ1n) is 13.9. The van der Waals surface area contributed by atoms with Gasteiger partial charge in [0.1, 0.15) is 6.61 Å². The van der Waals surface area contributed by atoms with Crippen LogP contribution in [0.1, 0.15) is 51.4 Å². The van der Waals surface area contributed by atoms with Crippen LogP contribution in [0.2, 0.25) is 0 Å². The van der Waals surface area contributed by atoms with Gasteiger partial charge in [-0.1, -0.05) is 37.6 Å². The first-order valence-corrected chi connectivity index (χ1v) is 13.9. The second-order valence-corrected chi connectivity index (χ2v) is 12.4. The van der Waals surface area contributed by atoms with Crippen LogP contribution in [0.5, 0.6) is 0 Å². The van der Waals surface area contributed by atoms with Crippen molar-refractivity contribution in [1.29, 1.82) is 0 Å². The van der Waals surface area contributed by atoms with Gasteiger partial charge in [0.25, 0.3) is 0 Å². The zero-order chi connectivity index (χ0) is 28.7. The molecule has 1 aliphatic heterocycles. The number of benzene rings is 1. The van der Waals surface area contributed by atoms with E-state index in [0.717, 1.165) is 5.57 Å². The van der Waals surface area contributed by atoms with Crippen LogP contribution in [-0.2, 0) is 23.9 Å². The van der Waals surface area contributed by atoms with Gasteiger partial charge in [0.15, 0.2) is 23.5 Å². The first-order chi connectivity index (χ1) is 18.9. The van der Waals surface area contributed by atoms with E-state index in [9.17, 15) is 24.6 Å². The van der Waals surface area contributed by atoms with Crippen molar-refractivity contribution in [2.24, 2.45) is 34.1 Å². The molecule has 9 atom stereocenters. The summed E-state index contributed by atoms with van der Waals surface area (Å²) in [6, 6.07) is 6.92. The number of nitrogens with one attached hydrogen (secondary N) is 1. The normalized spacial score (nSPS) is 43.3. The molecule has 7 N–H and O–H groups in total. The van der Waals surface area contributed by atoms with Gasteiger partial charge in [0, 0.05) is 22.1 Å². The monoisotopic (exact) mass is 551 g/mol. The van der Waals surface area contributed by atoms with E-state index in [1.165, 1.54) is 6.08 Å². The Bertz CT molecular complexity index is 1330. The van der Waals surface area contributed by atoms with Gasteiger partial charge in [-0.2, -0.15) is 0 Å². The highest BCUT2D eigenvalue weighted by Crippen LogP contribution is 2.71. The molecule has 1 aromatic carbocycles. The van der Waals surface area contributed by atoms with Crippen molar-refractivity contribution in [3.63, 3.8) is 0 Å². The molecular weight excluding hydrogens is 514 g/mol. The van der Waals surface area contributed by atoms with E-state index in [-0.39, 0.29) is 36.5 Å². The molecule has 1 heterocycles. The average Bonchev–Trinajstić information content (AvgIpc) is 3.43. The average molecular weight is 552 g/mol. The van der Waals surface area contributed by atoms with E-state index >= 15 is 0 Å². The predicted octanol–water partition coefficient (Wildman–Crippen LogP) is 1.27. The lowest BCUT2D eigenvalue weighted by atomic mass is 9.42. The van der Waals surface area contributed by atoms with E-state index in [0.29, 0.717) is 30.5 Å². The molecule has 0 unspecified atom stereocenters. The van der Waals surface area contributed by atoms with Gasteiger partial charge >= 0.3 is 0 Å².